The van der Waals surface area contributed by atoms with Gasteiger partial charge < -0.3 is 14.8 Å². The van der Waals surface area contributed by atoms with Crippen LogP contribution in [0.4, 0.5) is 5.13 Å². The lowest BCUT2D eigenvalue weighted by molar-refractivity contribution is -0.117. The summed E-state index contributed by atoms with van der Waals surface area (Å²) in [6.45, 7) is 0.262. The molecule has 1 aliphatic heterocycles. The maximum atomic E-state index is 12.2. The van der Waals surface area contributed by atoms with E-state index in [9.17, 15) is 4.79 Å². The van der Waals surface area contributed by atoms with Crippen LogP contribution >= 0.6 is 11.3 Å². The third-order valence-corrected chi connectivity index (χ3v) is 5.38. The molecule has 0 spiro atoms. The van der Waals surface area contributed by atoms with Gasteiger partial charge in [0.15, 0.2) is 16.6 Å². The Morgan fingerprint density at radius 1 is 1.21 bits per heavy atom. The van der Waals surface area contributed by atoms with Crippen molar-refractivity contribution in [1.82, 2.24) is 4.98 Å². The van der Waals surface area contributed by atoms with Crippen LogP contribution in [0.3, 0.4) is 0 Å². The summed E-state index contributed by atoms with van der Waals surface area (Å²) in [6, 6.07) is 5.76. The molecule has 1 aliphatic carbocycles. The van der Waals surface area contributed by atoms with E-state index < -0.39 is 0 Å². The van der Waals surface area contributed by atoms with E-state index in [0.29, 0.717) is 17.5 Å². The molecule has 2 aliphatic rings. The Bertz CT molecular complexity index is 738. The monoisotopic (exact) mass is 344 g/mol. The van der Waals surface area contributed by atoms with Crippen LogP contribution in [0.5, 0.6) is 11.5 Å². The Morgan fingerprint density at radius 2 is 2.04 bits per heavy atom. The van der Waals surface area contributed by atoms with Crippen molar-refractivity contribution in [2.45, 2.75) is 38.5 Å². The third kappa shape index (κ3) is 3.38. The molecule has 1 aromatic heterocycles. The number of benzene rings is 1. The van der Waals surface area contributed by atoms with Crippen molar-refractivity contribution in [2.75, 3.05) is 12.1 Å². The van der Waals surface area contributed by atoms with Gasteiger partial charge in [0.2, 0.25) is 12.7 Å². The number of amides is 1. The number of thiazole rings is 1. The molecule has 1 amide bonds. The lowest BCUT2D eigenvalue weighted by atomic mass is 9.87. The molecule has 0 atom stereocenters. The first kappa shape index (κ1) is 15.4. The van der Waals surface area contributed by atoms with Crippen LogP contribution in [-0.4, -0.2) is 17.7 Å². The smallest absolute Gasteiger partial charge is 0.231 e. The Hall–Kier alpha value is -2.08. The second-order valence-corrected chi connectivity index (χ2v) is 7.22. The van der Waals surface area contributed by atoms with Crippen LogP contribution in [0.2, 0.25) is 0 Å². The molecule has 24 heavy (non-hydrogen) atoms. The lowest BCUT2D eigenvalue weighted by Crippen LogP contribution is -2.18. The molecule has 1 aromatic carbocycles. The number of anilines is 1. The molecule has 0 saturated heterocycles. The minimum absolute atomic E-state index is 0.0773. The standard InChI is InChI=1S/C18H20N2O3S/c21-17(8-12-4-2-1-3-5-12)20-18-19-14(10-24-18)13-6-7-15-16(9-13)23-11-22-15/h6-7,9-10,12H,1-5,8,11H2,(H,19,20,21). The number of nitrogens with one attached hydrogen (secondary N) is 1. The summed E-state index contributed by atoms with van der Waals surface area (Å²) in [5.74, 6) is 2.11. The van der Waals surface area contributed by atoms with Crippen LogP contribution in [0, 0.1) is 5.92 Å². The number of ether oxygens (including phenoxy) is 2. The van der Waals surface area contributed by atoms with E-state index in [1.54, 1.807) is 0 Å². The van der Waals surface area contributed by atoms with Gasteiger partial charge in [0, 0.05) is 17.4 Å². The molecule has 0 bridgehead atoms. The van der Waals surface area contributed by atoms with E-state index in [1.165, 1.54) is 43.4 Å². The summed E-state index contributed by atoms with van der Waals surface area (Å²) in [4.78, 5) is 16.7. The first-order valence-corrected chi connectivity index (χ1v) is 9.31. The molecule has 1 saturated carbocycles. The second kappa shape index (κ2) is 6.81. The summed E-state index contributed by atoms with van der Waals surface area (Å²) >= 11 is 1.45. The number of nitrogens with zero attached hydrogens (tertiary/aromatic N) is 1. The number of aromatic nitrogens is 1. The summed E-state index contributed by atoms with van der Waals surface area (Å²) in [5.41, 5.74) is 1.80. The van der Waals surface area contributed by atoms with Crippen molar-refractivity contribution < 1.29 is 14.3 Å². The van der Waals surface area contributed by atoms with E-state index in [2.05, 4.69) is 10.3 Å². The number of fused-ring (bicyclic) bond motifs is 1. The van der Waals surface area contributed by atoms with E-state index in [0.717, 1.165) is 22.8 Å². The number of carbonyl (C=O) groups excluding carboxylic acids is 1. The van der Waals surface area contributed by atoms with Gasteiger partial charge in [0.1, 0.15) is 0 Å². The van der Waals surface area contributed by atoms with Gasteiger partial charge in [-0.25, -0.2) is 4.98 Å². The predicted octanol–water partition coefficient (Wildman–Crippen LogP) is 4.45. The van der Waals surface area contributed by atoms with E-state index in [-0.39, 0.29) is 12.7 Å². The zero-order chi connectivity index (χ0) is 16.4. The van der Waals surface area contributed by atoms with Gasteiger partial charge in [-0.2, -0.15) is 0 Å². The fraction of sp³-hybridized carbons (Fsp3) is 0.444. The highest BCUT2D eigenvalue weighted by Crippen LogP contribution is 2.36. The van der Waals surface area contributed by atoms with Crippen molar-refractivity contribution >= 4 is 22.4 Å². The molecule has 2 heterocycles. The minimum atomic E-state index is 0.0773. The van der Waals surface area contributed by atoms with Gasteiger partial charge in [-0.3, -0.25) is 4.79 Å². The zero-order valence-corrected chi connectivity index (χ0v) is 14.2. The number of rotatable bonds is 4. The van der Waals surface area contributed by atoms with Crippen molar-refractivity contribution in [3.8, 4) is 22.8 Å². The largest absolute Gasteiger partial charge is 0.454 e. The van der Waals surface area contributed by atoms with Gasteiger partial charge in [-0.05, 0) is 37.0 Å². The molecule has 1 fully saturated rings. The number of hydrogen-bond donors (Lipinski definition) is 1. The van der Waals surface area contributed by atoms with Gasteiger partial charge in [-0.15, -0.1) is 11.3 Å². The average Bonchev–Trinajstić information content (AvgIpc) is 3.24. The molecule has 126 valence electrons. The zero-order valence-electron chi connectivity index (χ0n) is 13.4. The quantitative estimate of drug-likeness (QED) is 0.890. The van der Waals surface area contributed by atoms with Crippen molar-refractivity contribution in [3.63, 3.8) is 0 Å². The number of hydrogen-bond acceptors (Lipinski definition) is 5. The van der Waals surface area contributed by atoms with Crippen molar-refractivity contribution in [1.29, 1.82) is 0 Å². The van der Waals surface area contributed by atoms with Gasteiger partial charge >= 0.3 is 0 Å². The molecular weight excluding hydrogens is 324 g/mol. The summed E-state index contributed by atoms with van der Waals surface area (Å²) in [6.07, 6.45) is 6.77. The summed E-state index contributed by atoms with van der Waals surface area (Å²) in [5, 5.41) is 5.55. The average molecular weight is 344 g/mol. The fourth-order valence-electron chi connectivity index (χ4n) is 3.34. The Kier molecular flexibility index (Phi) is 4.38. The van der Waals surface area contributed by atoms with Gasteiger partial charge in [-0.1, -0.05) is 19.3 Å². The Balaban J connectivity index is 1.40. The molecule has 0 unspecified atom stereocenters. The molecule has 0 radical (unpaired) electrons. The van der Waals surface area contributed by atoms with Crippen LogP contribution in [0.25, 0.3) is 11.3 Å². The SMILES string of the molecule is O=C(CC1CCCCC1)Nc1nc(-c2ccc3c(c2)OCO3)cs1. The minimum Gasteiger partial charge on any atom is -0.454 e. The van der Waals surface area contributed by atoms with Crippen LogP contribution < -0.4 is 14.8 Å². The van der Waals surface area contributed by atoms with Gasteiger partial charge in [0.25, 0.3) is 0 Å². The summed E-state index contributed by atoms with van der Waals surface area (Å²) < 4.78 is 10.7. The van der Waals surface area contributed by atoms with E-state index in [1.807, 2.05) is 23.6 Å². The topological polar surface area (TPSA) is 60.5 Å². The maximum Gasteiger partial charge on any atom is 0.231 e. The van der Waals surface area contributed by atoms with Crippen LogP contribution in [0.1, 0.15) is 38.5 Å². The highest BCUT2D eigenvalue weighted by Gasteiger charge is 2.18. The van der Waals surface area contributed by atoms with E-state index >= 15 is 0 Å². The molecule has 2 aromatic rings. The third-order valence-electron chi connectivity index (χ3n) is 4.62. The molecule has 4 rings (SSSR count). The molecule has 1 N–H and O–H groups in total. The summed E-state index contributed by atoms with van der Waals surface area (Å²) in [7, 11) is 0. The van der Waals surface area contributed by atoms with Crippen molar-refractivity contribution in [3.05, 3.63) is 23.6 Å². The van der Waals surface area contributed by atoms with Crippen LogP contribution in [0.15, 0.2) is 23.6 Å². The normalized spacial score (nSPS) is 17.0. The Morgan fingerprint density at radius 3 is 2.92 bits per heavy atom. The van der Waals surface area contributed by atoms with E-state index in [4.69, 9.17) is 9.47 Å². The van der Waals surface area contributed by atoms with Crippen molar-refractivity contribution in [2.24, 2.45) is 5.92 Å². The molecular formula is C18H20N2O3S. The first-order chi connectivity index (χ1) is 11.8. The fourth-order valence-corrected chi connectivity index (χ4v) is 4.08. The maximum absolute atomic E-state index is 12.2. The highest BCUT2D eigenvalue weighted by atomic mass is 32.1. The highest BCUT2D eigenvalue weighted by molar-refractivity contribution is 7.14. The lowest BCUT2D eigenvalue weighted by Gasteiger charge is -2.20. The second-order valence-electron chi connectivity index (χ2n) is 6.36. The van der Waals surface area contributed by atoms with Crippen LogP contribution in [-0.2, 0) is 4.79 Å². The molecule has 5 nitrogen and oxygen atoms in total. The predicted molar refractivity (Wildman–Crippen MR) is 93.5 cm³/mol. The Labute approximate surface area is 145 Å². The first-order valence-electron chi connectivity index (χ1n) is 8.43. The molecule has 6 heteroatoms. The number of carbonyl (C=O) groups is 1. The van der Waals surface area contributed by atoms with Gasteiger partial charge in [0.05, 0.1) is 5.69 Å².